The zero-order valence-electron chi connectivity index (χ0n) is 8.95. The van der Waals surface area contributed by atoms with Gasteiger partial charge in [-0.15, -0.1) is 10.2 Å². The second-order valence-electron chi connectivity index (χ2n) is 3.54. The van der Waals surface area contributed by atoms with E-state index in [9.17, 15) is 4.79 Å². The molecule has 0 spiro atoms. The minimum atomic E-state index is -0.947. The van der Waals surface area contributed by atoms with Crippen molar-refractivity contribution >= 4 is 5.97 Å². The van der Waals surface area contributed by atoms with Crippen LogP contribution >= 0.6 is 0 Å². The minimum absolute atomic E-state index is 0.173. The molecule has 0 aliphatic rings. The molecule has 0 amide bonds. The van der Waals surface area contributed by atoms with Crippen molar-refractivity contribution < 1.29 is 15.0 Å². The molecule has 88 valence electrons. The van der Waals surface area contributed by atoms with E-state index in [-0.39, 0.29) is 12.2 Å². The Hall–Kier alpha value is -2.21. The third kappa shape index (κ3) is 2.48. The number of carboxylic acids is 1. The highest BCUT2D eigenvalue weighted by Crippen LogP contribution is 2.07. The molecule has 0 unspecified atom stereocenters. The lowest BCUT2D eigenvalue weighted by Crippen LogP contribution is -2.04. The standard InChI is InChI=1S/C11H11N3O3/c15-6-10-13-12-7-14(10)5-8-1-3-9(4-2-8)11(16)17/h1-4,7,15H,5-6H2,(H,16,17). The minimum Gasteiger partial charge on any atom is -0.478 e. The van der Waals surface area contributed by atoms with E-state index in [0.717, 1.165) is 5.56 Å². The third-order valence-electron chi connectivity index (χ3n) is 2.39. The van der Waals surface area contributed by atoms with Gasteiger partial charge in [0, 0.05) is 0 Å². The van der Waals surface area contributed by atoms with Crippen LogP contribution in [0.15, 0.2) is 30.6 Å². The number of rotatable bonds is 4. The highest BCUT2D eigenvalue weighted by Gasteiger charge is 2.05. The molecule has 0 aliphatic carbocycles. The van der Waals surface area contributed by atoms with Crippen LogP contribution in [0.5, 0.6) is 0 Å². The SMILES string of the molecule is O=C(O)c1ccc(Cn2cnnc2CO)cc1. The summed E-state index contributed by atoms with van der Waals surface area (Å²) in [6, 6.07) is 6.54. The van der Waals surface area contributed by atoms with Crippen LogP contribution in [-0.2, 0) is 13.2 Å². The van der Waals surface area contributed by atoms with Gasteiger partial charge in [0.1, 0.15) is 12.9 Å². The summed E-state index contributed by atoms with van der Waals surface area (Å²) in [4.78, 5) is 10.7. The first kappa shape index (κ1) is 11.3. The van der Waals surface area contributed by atoms with Crippen molar-refractivity contribution in [3.05, 3.63) is 47.5 Å². The Morgan fingerprint density at radius 1 is 1.29 bits per heavy atom. The van der Waals surface area contributed by atoms with E-state index in [4.69, 9.17) is 10.2 Å². The Morgan fingerprint density at radius 2 is 2.00 bits per heavy atom. The molecule has 6 heteroatoms. The molecule has 6 nitrogen and oxygen atoms in total. The smallest absolute Gasteiger partial charge is 0.335 e. The third-order valence-corrected chi connectivity index (χ3v) is 2.39. The maximum Gasteiger partial charge on any atom is 0.335 e. The van der Waals surface area contributed by atoms with E-state index in [2.05, 4.69) is 10.2 Å². The Kier molecular flexibility index (Phi) is 3.15. The van der Waals surface area contributed by atoms with Crippen molar-refractivity contribution in [2.45, 2.75) is 13.2 Å². The molecule has 17 heavy (non-hydrogen) atoms. The maximum absolute atomic E-state index is 10.7. The number of carbonyl (C=O) groups is 1. The van der Waals surface area contributed by atoms with Gasteiger partial charge < -0.3 is 14.8 Å². The second-order valence-corrected chi connectivity index (χ2v) is 3.54. The first-order valence-electron chi connectivity index (χ1n) is 5.00. The largest absolute Gasteiger partial charge is 0.478 e. The number of nitrogens with zero attached hydrogens (tertiary/aromatic N) is 3. The molecule has 0 fully saturated rings. The van der Waals surface area contributed by atoms with Crippen LogP contribution in [0.2, 0.25) is 0 Å². The number of benzene rings is 1. The summed E-state index contributed by atoms with van der Waals surface area (Å²) < 4.78 is 1.70. The molecule has 1 aromatic heterocycles. The number of aromatic carboxylic acids is 1. The van der Waals surface area contributed by atoms with Crippen molar-refractivity contribution in [1.82, 2.24) is 14.8 Å². The molecule has 2 N–H and O–H groups in total. The van der Waals surface area contributed by atoms with Crippen molar-refractivity contribution in [3.8, 4) is 0 Å². The number of aromatic nitrogens is 3. The summed E-state index contributed by atoms with van der Waals surface area (Å²) in [6.07, 6.45) is 1.52. The van der Waals surface area contributed by atoms with Gasteiger partial charge in [-0.25, -0.2) is 4.79 Å². The van der Waals surface area contributed by atoms with E-state index < -0.39 is 5.97 Å². The Morgan fingerprint density at radius 3 is 2.59 bits per heavy atom. The van der Waals surface area contributed by atoms with Crippen LogP contribution in [0, 0.1) is 0 Å². The van der Waals surface area contributed by atoms with Crippen molar-refractivity contribution in [2.75, 3.05) is 0 Å². The lowest BCUT2D eigenvalue weighted by Gasteiger charge is -2.05. The average molecular weight is 233 g/mol. The molecule has 0 radical (unpaired) electrons. The van der Waals surface area contributed by atoms with Crippen LogP contribution in [-0.4, -0.2) is 30.9 Å². The van der Waals surface area contributed by atoms with Crippen molar-refractivity contribution in [1.29, 1.82) is 0 Å². The van der Waals surface area contributed by atoms with Crippen LogP contribution in [0.3, 0.4) is 0 Å². The van der Waals surface area contributed by atoms with Gasteiger partial charge in [0.05, 0.1) is 12.1 Å². The first-order chi connectivity index (χ1) is 8.20. The lowest BCUT2D eigenvalue weighted by molar-refractivity contribution is 0.0697. The summed E-state index contributed by atoms with van der Waals surface area (Å²) in [6.45, 7) is 0.329. The van der Waals surface area contributed by atoms with Crippen LogP contribution in [0.1, 0.15) is 21.7 Å². The summed E-state index contributed by atoms with van der Waals surface area (Å²) in [5.74, 6) is -0.468. The highest BCUT2D eigenvalue weighted by molar-refractivity contribution is 5.87. The molecule has 0 saturated heterocycles. The van der Waals surface area contributed by atoms with E-state index in [0.29, 0.717) is 12.4 Å². The molecular formula is C11H11N3O3. The quantitative estimate of drug-likeness (QED) is 0.803. The lowest BCUT2D eigenvalue weighted by atomic mass is 10.1. The fourth-order valence-corrected chi connectivity index (χ4v) is 1.48. The van der Waals surface area contributed by atoms with Crippen LogP contribution < -0.4 is 0 Å². The maximum atomic E-state index is 10.7. The zero-order chi connectivity index (χ0) is 12.3. The van der Waals surface area contributed by atoms with E-state index >= 15 is 0 Å². The van der Waals surface area contributed by atoms with E-state index in [1.165, 1.54) is 6.33 Å². The molecular weight excluding hydrogens is 222 g/mol. The summed E-state index contributed by atoms with van der Waals surface area (Å²) >= 11 is 0. The van der Waals surface area contributed by atoms with Crippen molar-refractivity contribution in [3.63, 3.8) is 0 Å². The Labute approximate surface area is 97.2 Å². The fraction of sp³-hybridized carbons (Fsp3) is 0.182. The van der Waals surface area contributed by atoms with Gasteiger partial charge >= 0.3 is 5.97 Å². The number of aliphatic hydroxyl groups is 1. The zero-order valence-corrected chi connectivity index (χ0v) is 8.95. The molecule has 0 atom stereocenters. The van der Waals surface area contributed by atoms with Gasteiger partial charge in [0.15, 0.2) is 5.82 Å². The second kappa shape index (κ2) is 4.75. The van der Waals surface area contributed by atoms with E-state index in [1.54, 1.807) is 28.8 Å². The predicted molar refractivity (Wildman–Crippen MR) is 58.4 cm³/mol. The monoisotopic (exact) mass is 233 g/mol. The van der Waals surface area contributed by atoms with E-state index in [1.807, 2.05) is 0 Å². The Bertz CT molecular complexity index is 519. The number of hydrogen-bond acceptors (Lipinski definition) is 4. The number of hydrogen-bond donors (Lipinski definition) is 2. The average Bonchev–Trinajstić information content (AvgIpc) is 2.77. The Balaban J connectivity index is 2.16. The molecule has 1 heterocycles. The summed E-state index contributed by atoms with van der Waals surface area (Å²) in [5, 5.41) is 25.2. The molecule has 0 saturated carbocycles. The van der Waals surface area contributed by atoms with Gasteiger partial charge in [-0.3, -0.25) is 0 Å². The number of aliphatic hydroxyl groups excluding tert-OH is 1. The van der Waals surface area contributed by atoms with Gasteiger partial charge in [-0.2, -0.15) is 0 Å². The van der Waals surface area contributed by atoms with Gasteiger partial charge in [-0.1, -0.05) is 12.1 Å². The van der Waals surface area contributed by atoms with Gasteiger partial charge in [-0.05, 0) is 17.7 Å². The molecule has 0 aliphatic heterocycles. The van der Waals surface area contributed by atoms with Gasteiger partial charge in [0.25, 0.3) is 0 Å². The van der Waals surface area contributed by atoms with Crippen molar-refractivity contribution in [2.24, 2.45) is 0 Å². The van der Waals surface area contributed by atoms with Crippen LogP contribution in [0.25, 0.3) is 0 Å². The summed E-state index contributed by atoms with van der Waals surface area (Å²) in [5.41, 5.74) is 1.17. The molecule has 1 aromatic carbocycles. The first-order valence-corrected chi connectivity index (χ1v) is 5.00. The van der Waals surface area contributed by atoms with Crippen LogP contribution in [0.4, 0.5) is 0 Å². The highest BCUT2D eigenvalue weighted by atomic mass is 16.4. The fourth-order valence-electron chi connectivity index (χ4n) is 1.48. The molecule has 2 aromatic rings. The predicted octanol–water partition coefficient (Wildman–Crippen LogP) is 0.517. The topological polar surface area (TPSA) is 88.2 Å². The normalized spacial score (nSPS) is 10.4. The molecule has 2 rings (SSSR count). The van der Waals surface area contributed by atoms with Gasteiger partial charge in [0.2, 0.25) is 0 Å². The summed E-state index contributed by atoms with van der Waals surface area (Å²) in [7, 11) is 0. The molecule has 0 bridgehead atoms. The number of carboxylic acid groups (broad SMARTS) is 1.